The van der Waals surface area contributed by atoms with Gasteiger partial charge in [0.15, 0.2) is 23.9 Å². The number of ether oxygens (including phenoxy) is 2. The molecule has 6 nitrogen and oxygen atoms in total. The van der Waals surface area contributed by atoms with E-state index in [0.717, 1.165) is 5.56 Å². The van der Waals surface area contributed by atoms with E-state index in [-0.39, 0.29) is 12.6 Å². The van der Waals surface area contributed by atoms with E-state index in [9.17, 15) is 0 Å². The number of rotatable bonds is 6. The summed E-state index contributed by atoms with van der Waals surface area (Å²) in [6.07, 6.45) is 0.708. The summed E-state index contributed by atoms with van der Waals surface area (Å²) < 4.78 is 15.9. The van der Waals surface area contributed by atoms with E-state index in [0.29, 0.717) is 34.7 Å². The van der Waals surface area contributed by atoms with E-state index >= 15 is 0 Å². The molecule has 0 saturated heterocycles. The van der Waals surface area contributed by atoms with Crippen molar-refractivity contribution in [1.82, 2.24) is 10.1 Å². The van der Waals surface area contributed by atoms with Gasteiger partial charge in [0, 0.05) is 6.04 Å². The number of nitrogens with two attached hydrogens (primary N) is 1. The summed E-state index contributed by atoms with van der Waals surface area (Å²) in [5, 5.41) is 4.16. The van der Waals surface area contributed by atoms with Gasteiger partial charge in [0.1, 0.15) is 0 Å². The maximum absolute atomic E-state index is 6.26. The van der Waals surface area contributed by atoms with Gasteiger partial charge < -0.3 is 19.7 Å². The van der Waals surface area contributed by atoms with E-state index in [1.54, 1.807) is 14.0 Å². The van der Waals surface area contributed by atoms with Gasteiger partial charge in [0.25, 0.3) is 5.89 Å². The lowest BCUT2D eigenvalue weighted by atomic mass is 10.1. The van der Waals surface area contributed by atoms with Gasteiger partial charge in [-0.15, -0.1) is 0 Å². The molecular formula is C14H18ClN3O3. The monoisotopic (exact) mass is 311 g/mol. The summed E-state index contributed by atoms with van der Waals surface area (Å²) >= 11 is 6.26. The maximum Gasteiger partial charge on any atom is 0.264 e. The SMILES string of the molecule is COc1cc(CC(C)N)cc(Cl)c1OCc1nc(C)no1. The summed E-state index contributed by atoms with van der Waals surface area (Å²) in [7, 11) is 1.56. The van der Waals surface area contributed by atoms with Crippen LogP contribution in [0.25, 0.3) is 0 Å². The molecule has 2 N–H and O–H groups in total. The Kier molecular flexibility index (Phi) is 5.03. The van der Waals surface area contributed by atoms with Gasteiger partial charge in [-0.05, 0) is 38.0 Å². The molecule has 2 rings (SSSR count). The van der Waals surface area contributed by atoms with Gasteiger partial charge >= 0.3 is 0 Å². The van der Waals surface area contributed by atoms with Crippen LogP contribution in [-0.4, -0.2) is 23.3 Å². The van der Waals surface area contributed by atoms with Crippen LogP contribution >= 0.6 is 11.6 Å². The molecule has 0 fully saturated rings. The first-order valence-electron chi connectivity index (χ1n) is 6.53. The second-order valence-electron chi connectivity index (χ2n) is 4.81. The predicted molar refractivity (Wildman–Crippen MR) is 78.7 cm³/mol. The molecule has 0 bridgehead atoms. The highest BCUT2D eigenvalue weighted by atomic mass is 35.5. The van der Waals surface area contributed by atoms with Gasteiger partial charge in [0.05, 0.1) is 12.1 Å². The van der Waals surface area contributed by atoms with Gasteiger partial charge in [-0.2, -0.15) is 4.98 Å². The van der Waals surface area contributed by atoms with Crippen LogP contribution in [0.15, 0.2) is 16.7 Å². The smallest absolute Gasteiger partial charge is 0.264 e. The molecule has 0 aliphatic carbocycles. The van der Waals surface area contributed by atoms with Crippen molar-refractivity contribution in [2.75, 3.05) is 7.11 Å². The fourth-order valence-corrected chi connectivity index (χ4v) is 2.22. The van der Waals surface area contributed by atoms with E-state index in [1.165, 1.54) is 0 Å². The van der Waals surface area contributed by atoms with E-state index in [2.05, 4.69) is 10.1 Å². The summed E-state index contributed by atoms with van der Waals surface area (Å²) in [5.74, 6) is 1.93. The number of hydrogen-bond acceptors (Lipinski definition) is 6. The number of nitrogens with zero attached hydrogens (tertiary/aromatic N) is 2. The maximum atomic E-state index is 6.26. The predicted octanol–water partition coefficient (Wildman–Crippen LogP) is 2.51. The summed E-state index contributed by atoms with van der Waals surface area (Å²) in [6.45, 7) is 3.80. The third-order valence-corrected chi connectivity index (χ3v) is 3.04. The highest BCUT2D eigenvalue weighted by Crippen LogP contribution is 2.37. The van der Waals surface area contributed by atoms with Gasteiger partial charge in [0.2, 0.25) is 0 Å². The van der Waals surface area contributed by atoms with Gasteiger partial charge in [-0.1, -0.05) is 16.8 Å². The molecule has 0 amide bonds. The summed E-state index contributed by atoms with van der Waals surface area (Å²) in [5.41, 5.74) is 6.79. The van der Waals surface area contributed by atoms with Crippen molar-refractivity contribution in [3.05, 3.63) is 34.4 Å². The second kappa shape index (κ2) is 6.78. The fourth-order valence-electron chi connectivity index (χ4n) is 1.94. The van der Waals surface area contributed by atoms with Crippen molar-refractivity contribution in [2.24, 2.45) is 5.73 Å². The van der Waals surface area contributed by atoms with Gasteiger partial charge in [-0.3, -0.25) is 0 Å². The molecule has 1 heterocycles. The first-order chi connectivity index (χ1) is 9.99. The van der Waals surface area contributed by atoms with E-state index < -0.39 is 0 Å². The molecule has 7 heteroatoms. The average Bonchev–Trinajstić information content (AvgIpc) is 2.82. The molecule has 1 atom stereocenters. The molecule has 0 saturated carbocycles. The standard InChI is InChI=1S/C14H18ClN3O3/c1-8(16)4-10-5-11(15)14(12(6-10)19-3)20-7-13-17-9(2)18-21-13/h5-6,8H,4,7,16H2,1-3H3. The number of halogens is 1. The largest absolute Gasteiger partial charge is 0.493 e. The van der Waals surface area contributed by atoms with Crippen LogP contribution in [0.1, 0.15) is 24.2 Å². The number of methoxy groups -OCH3 is 1. The first kappa shape index (κ1) is 15.6. The van der Waals surface area contributed by atoms with E-state index in [4.69, 9.17) is 31.3 Å². The molecule has 0 aliphatic rings. The Labute approximate surface area is 128 Å². The topological polar surface area (TPSA) is 83.4 Å². The Hall–Kier alpha value is -1.79. The van der Waals surface area contributed by atoms with Crippen molar-refractivity contribution in [3.63, 3.8) is 0 Å². The number of hydrogen-bond donors (Lipinski definition) is 1. The fraction of sp³-hybridized carbons (Fsp3) is 0.429. The Morgan fingerprint density at radius 3 is 2.76 bits per heavy atom. The zero-order valence-corrected chi connectivity index (χ0v) is 13.0. The van der Waals surface area contributed by atoms with Crippen molar-refractivity contribution < 1.29 is 14.0 Å². The number of aromatic nitrogens is 2. The lowest BCUT2D eigenvalue weighted by molar-refractivity contribution is 0.233. The molecule has 0 spiro atoms. The third-order valence-electron chi connectivity index (χ3n) is 2.76. The quantitative estimate of drug-likeness (QED) is 0.882. The first-order valence-corrected chi connectivity index (χ1v) is 6.91. The van der Waals surface area contributed by atoms with Crippen molar-refractivity contribution in [3.8, 4) is 11.5 Å². The third kappa shape index (κ3) is 4.09. The normalized spacial score (nSPS) is 12.2. The number of benzene rings is 1. The van der Waals surface area contributed by atoms with Crippen LogP contribution in [0.4, 0.5) is 0 Å². The minimum absolute atomic E-state index is 0.0407. The Balaban J connectivity index is 2.18. The van der Waals surface area contributed by atoms with Crippen LogP contribution in [0, 0.1) is 6.92 Å². The highest BCUT2D eigenvalue weighted by molar-refractivity contribution is 6.32. The molecule has 0 aliphatic heterocycles. The lowest BCUT2D eigenvalue weighted by Gasteiger charge is -2.14. The molecule has 114 valence electrons. The molecule has 1 unspecified atom stereocenters. The van der Waals surface area contributed by atoms with Crippen LogP contribution in [0.3, 0.4) is 0 Å². The molecule has 1 aromatic carbocycles. The highest BCUT2D eigenvalue weighted by Gasteiger charge is 2.14. The zero-order valence-electron chi connectivity index (χ0n) is 12.2. The van der Waals surface area contributed by atoms with Crippen molar-refractivity contribution >= 4 is 11.6 Å². The van der Waals surface area contributed by atoms with Crippen LogP contribution < -0.4 is 15.2 Å². The van der Waals surface area contributed by atoms with Crippen molar-refractivity contribution in [1.29, 1.82) is 0 Å². The minimum atomic E-state index is 0.0407. The average molecular weight is 312 g/mol. The molecule has 21 heavy (non-hydrogen) atoms. The Morgan fingerprint density at radius 1 is 1.43 bits per heavy atom. The van der Waals surface area contributed by atoms with Crippen LogP contribution in [-0.2, 0) is 13.0 Å². The van der Waals surface area contributed by atoms with E-state index in [1.807, 2.05) is 19.1 Å². The van der Waals surface area contributed by atoms with Gasteiger partial charge in [-0.25, -0.2) is 0 Å². The molecule has 0 radical (unpaired) electrons. The van der Waals surface area contributed by atoms with Crippen LogP contribution in [0.5, 0.6) is 11.5 Å². The minimum Gasteiger partial charge on any atom is -0.493 e. The Bertz CT molecular complexity index is 614. The van der Waals surface area contributed by atoms with Crippen molar-refractivity contribution in [2.45, 2.75) is 32.9 Å². The molecule has 1 aromatic heterocycles. The summed E-state index contributed by atoms with van der Waals surface area (Å²) in [6, 6.07) is 3.73. The molecular weight excluding hydrogens is 294 g/mol. The Morgan fingerprint density at radius 2 is 2.19 bits per heavy atom. The molecule has 2 aromatic rings. The summed E-state index contributed by atoms with van der Waals surface area (Å²) in [4.78, 5) is 4.06. The van der Waals surface area contributed by atoms with Crippen LogP contribution in [0.2, 0.25) is 5.02 Å². The zero-order chi connectivity index (χ0) is 15.4. The number of aryl methyl sites for hydroxylation is 1. The second-order valence-corrected chi connectivity index (χ2v) is 5.22. The lowest BCUT2D eigenvalue weighted by Crippen LogP contribution is -2.17.